The smallest absolute Gasteiger partial charge is 0.129 e. The van der Waals surface area contributed by atoms with Crippen LogP contribution in [0.15, 0.2) is 36.4 Å². The summed E-state index contributed by atoms with van der Waals surface area (Å²) in [5.41, 5.74) is 3.69. The van der Waals surface area contributed by atoms with Crippen molar-refractivity contribution < 1.29 is 4.39 Å². The molecule has 1 atom stereocenters. The van der Waals surface area contributed by atoms with Gasteiger partial charge in [-0.15, -0.1) is 0 Å². The van der Waals surface area contributed by atoms with Gasteiger partial charge in [0.25, 0.3) is 0 Å². The highest BCUT2D eigenvalue weighted by Gasteiger charge is 2.13. The Hall–Kier alpha value is -1.38. The van der Waals surface area contributed by atoms with E-state index in [0.717, 1.165) is 17.0 Å². The molecule has 20 heavy (non-hydrogen) atoms. The Morgan fingerprint density at radius 1 is 1.10 bits per heavy atom. The third-order valence-electron chi connectivity index (χ3n) is 3.56. The molecule has 2 aromatic carbocycles. The highest BCUT2D eigenvalue weighted by molar-refractivity contribution is 6.30. The number of nitrogens with one attached hydrogen (secondary N) is 1. The van der Waals surface area contributed by atoms with Gasteiger partial charge >= 0.3 is 0 Å². The third kappa shape index (κ3) is 3.38. The Balaban J connectivity index is 2.26. The first-order chi connectivity index (χ1) is 9.51. The van der Waals surface area contributed by atoms with Crippen LogP contribution in [0, 0.1) is 19.7 Å². The minimum absolute atomic E-state index is 0.116. The van der Waals surface area contributed by atoms with Crippen molar-refractivity contribution in [3.63, 3.8) is 0 Å². The van der Waals surface area contributed by atoms with E-state index in [0.29, 0.717) is 11.1 Å². The minimum Gasteiger partial charge on any atom is -0.313 e. The van der Waals surface area contributed by atoms with Gasteiger partial charge in [-0.05, 0) is 61.7 Å². The zero-order valence-electron chi connectivity index (χ0n) is 12.0. The topological polar surface area (TPSA) is 12.0 Å². The molecule has 2 rings (SSSR count). The van der Waals surface area contributed by atoms with Crippen LogP contribution >= 0.6 is 11.6 Å². The van der Waals surface area contributed by atoms with E-state index < -0.39 is 0 Å². The molecule has 0 aliphatic rings. The number of aryl methyl sites for hydroxylation is 2. The van der Waals surface area contributed by atoms with Crippen molar-refractivity contribution in [1.82, 2.24) is 5.32 Å². The number of rotatable bonds is 4. The van der Waals surface area contributed by atoms with Gasteiger partial charge in [0.1, 0.15) is 5.82 Å². The zero-order valence-corrected chi connectivity index (χ0v) is 12.8. The maximum absolute atomic E-state index is 13.7. The van der Waals surface area contributed by atoms with Gasteiger partial charge in [-0.25, -0.2) is 4.39 Å². The van der Waals surface area contributed by atoms with Crippen LogP contribution in [-0.2, 0) is 6.42 Å². The Bertz CT molecular complexity index is 569. The summed E-state index contributed by atoms with van der Waals surface area (Å²) in [5.74, 6) is -0.116. The second-order valence-electron chi connectivity index (χ2n) is 5.14. The Labute approximate surface area is 124 Å². The monoisotopic (exact) mass is 291 g/mol. The number of hydrogen-bond donors (Lipinski definition) is 1. The zero-order chi connectivity index (χ0) is 14.7. The normalized spacial score (nSPS) is 12.4. The predicted octanol–water partition coefficient (Wildman–Crippen LogP) is 4.60. The molecule has 3 heteroatoms. The molecule has 1 nitrogen and oxygen atoms in total. The maximum atomic E-state index is 13.7. The summed E-state index contributed by atoms with van der Waals surface area (Å²) in [6.07, 6.45) is 0.845. The molecular weight excluding hydrogens is 273 g/mol. The van der Waals surface area contributed by atoms with Crippen LogP contribution in [0.4, 0.5) is 4.39 Å². The lowest BCUT2D eigenvalue weighted by Crippen LogP contribution is -2.19. The van der Waals surface area contributed by atoms with Crippen molar-refractivity contribution in [1.29, 1.82) is 0 Å². The lowest BCUT2D eigenvalue weighted by Gasteiger charge is -2.18. The summed E-state index contributed by atoms with van der Waals surface area (Å²) in [7, 11) is 1.93. The lowest BCUT2D eigenvalue weighted by molar-refractivity contribution is 0.579. The van der Waals surface area contributed by atoms with Gasteiger partial charge in [0.2, 0.25) is 0 Å². The van der Waals surface area contributed by atoms with Gasteiger partial charge < -0.3 is 5.32 Å². The standard InChI is InChI=1S/C17H19ClFN/c1-11-8-14(9-12(2)17(11)19)16(20-3)10-13-4-6-15(18)7-5-13/h4-9,16,20H,10H2,1-3H3. The second kappa shape index (κ2) is 6.38. The van der Waals surface area contributed by atoms with Crippen molar-refractivity contribution in [2.24, 2.45) is 0 Å². The Morgan fingerprint density at radius 3 is 2.15 bits per heavy atom. The van der Waals surface area contributed by atoms with Gasteiger partial charge in [0.15, 0.2) is 0 Å². The van der Waals surface area contributed by atoms with Gasteiger partial charge in [0, 0.05) is 11.1 Å². The molecule has 0 aromatic heterocycles. The number of halogens is 2. The highest BCUT2D eigenvalue weighted by atomic mass is 35.5. The van der Waals surface area contributed by atoms with E-state index in [9.17, 15) is 4.39 Å². The van der Waals surface area contributed by atoms with Gasteiger partial charge in [0.05, 0.1) is 0 Å². The summed E-state index contributed by atoms with van der Waals surface area (Å²) in [4.78, 5) is 0. The van der Waals surface area contributed by atoms with Gasteiger partial charge in [-0.1, -0.05) is 35.9 Å². The molecule has 0 heterocycles. The first kappa shape index (κ1) is 15.0. The van der Waals surface area contributed by atoms with Gasteiger partial charge in [-0.3, -0.25) is 0 Å². The summed E-state index contributed by atoms with van der Waals surface area (Å²) in [5, 5.41) is 4.04. The van der Waals surface area contributed by atoms with Crippen LogP contribution < -0.4 is 5.32 Å². The Morgan fingerprint density at radius 2 is 1.65 bits per heavy atom. The van der Waals surface area contributed by atoms with Crippen molar-refractivity contribution in [2.75, 3.05) is 7.05 Å². The number of benzene rings is 2. The van der Waals surface area contributed by atoms with E-state index in [-0.39, 0.29) is 11.9 Å². The molecule has 1 unspecified atom stereocenters. The van der Waals surface area contributed by atoms with Crippen LogP contribution in [0.1, 0.15) is 28.3 Å². The molecule has 0 fully saturated rings. The van der Waals surface area contributed by atoms with Crippen LogP contribution in [0.5, 0.6) is 0 Å². The first-order valence-electron chi connectivity index (χ1n) is 6.69. The molecule has 0 aliphatic heterocycles. The number of hydrogen-bond acceptors (Lipinski definition) is 1. The fourth-order valence-electron chi connectivity index (χ4n) is 2.42. The van der Waals surface area contributed by atoms with E-state index in [2.05, 4.69) is 5.32 Å². The molecule has 0 saturated carbocycles. The SMILES string of the molecule is CNC(Cc1ccc(Cl)cc1)c1cc(C)c(F)c(C)c1. The molecule has 0 spiro atoms. The summed E-state index contributed by atoms with van der Waals surface area (Å²) in [6, 6.07) is 11.8. The summed E-state index contributed by atoms with van der Waals surface area (Å²) < 4.78 is 13.7. The molecule has 1 N–H and O–H groups in total. The number of likely N-dealkylation sites (N-methyl/N-ethyl adjacent to an activating group) is 1. The first-order valence-corrected chi connectivity index (χ1v) is 7.07. The van der Waals surface area contributed by atoms with Crippen molar-refractivity contribution in [3.8, 4) is 0 Å². The maximum Gasteiger partial charge on any atom is 0.129 e. The van der Waals surface area contributed by atoms with Crippen LogP contribution in [0.25, 0.3) is 0 Å². The average molecular weight is 292 g/mol. The minimum atomic E-state index is -0.116. The predicted molar refractivity (Wildman–Crippen MR) is 82.8 cm³/mol. The second-order valence-corrected chi connectivity index (χ2v) is 5.58. The van der Waals surface area contributed by atoms with Crippen molar-refractivity contribution >= 4 is 11.6 Å². The van der Waals surface area contributed by atoms with Gasteiger partial charge in [-0.2, -0.15) is 0 Å². The molecule has 0 bridgehead atoms. The fraction of sp³-hybridized carbons (Fsp3) is 0.294. The fourth-order valence-corrected chi connectivity index (χ4v) is 2.55. The molecule has 0 amide bonds. The molecule has 0 saturated heterocycles. The molecule has 2 aromatic rings. The van der Waals surface area contributed by atoms with E-state index in [4.69, 9.17) is 11.6 Å². The molecule has 106 valence electrons. The Kier molecular flexibility index (Phi) is 4.79. The molecule has 0 radical (unpaired) electrons. The summed E-state index contributed by atoms with van der Waals surface area (Å²) >= 11 is 5.90. The lowest BCUT2D eigenvalue weighted by atomic mass is 9.96. The van der Waals surface area contributed by atoms with Crippen molar-refractivity contribution in [2.45, 2.75) is 26.3 Å². The summed E-state index contributed by atoms with van der Waals surface area (Å²) in [6.45, 7) is 3.61. The van der Waals surface area contributed by atoms with Crippen LogP contribution in [0.2, 0.25) is 5.02 Å². The average Bonchev–Trinajstić information content (AvgIpc) is 2.43. The van der Waals surface area contributed by atoms with E-state index in [1.165, 1.54) is 5.56 Å². The highest BCUT2D eigenvalue weighted by Crippen LogP contribution is 2.23. The van der Waals surface area contributed by atoms with Crippen LogP contribution in [0.3, 0.4) is 0 Å². The van der Waals surface area contributed by atoms with Crippen molar-refractivity contribution in [3.05, 3.63) is 69.5 Å². The van der Waals surface area contributed by atoms with E-state index in [1.54, 1.807) is 13.8 Å². The molecular formula is C17H19ClFN. The van der Waals surface area contributed by atoms with Crippen LogP contribution in [-0.4, -0.2) is 7.05 Å². The quantitative estimate of drug-likeness (QED) is 0.868. The third-order valence-corrected chi connectivity index (χ3v) is 3.81. The van der Waals surface area contributed by atoms with E-state index >= 15 is 0 Å². The largest absolute Gasteiger partial charge is 0.313 e. The molecule has 0 aliphatic carbocycles. The van der Waals surface area contributed by atoms with E-state index in [1.807, 2.05) is 43.4 Å².